The number of rotatable bonds is 3. The molecule has 3 rings (SSSR count). The van der Waals surface area contributed by atoms with Gasteiger partial charge >= 0.3 is 0 Å². The van der Waals surface area contributed by atoms with Gasteiger partial charge in [0.25, 0.3) is 11.7 Å². The van der Waals surface area contributed by atoms with Gasteiger partial charge < -0.3 is 15.2 Å². The van der Waals surface area contributed by atoms with Crippen LogP contribution in [0.15, 0.2) is 22.7 Å². The van der Waals surface area contributed by atoms with E-state index in [0.717, 1.165) is 6.07 Å². The van der Waals surface area contributed by atoms with Crippen LogP contribution in [0.3, 0.4) is 0 Å². The van der Waals surface area contributed by atoms with Gasteiger partial charge in [-0.1, -0.05) is 5.16 Å². The van der Waals surface area contributed by atoms with E-state index in [1.165, 1.54) is 39.8 Å². The minimum absolute atomic E-state index is 0.0124. The molecule has 1 saturated heterocycles. The first-order valence-corrected chi connectivity index (χ1v) is 10.0. The summed E-state index contributed by atoms with van der Waals surface area (Å²) >= 11 is 0. The van der Waals surface area contributed by atoms with Gasteiger partial charge in [-0.05, 0) is 39.0 Å². The summed E-state index contributed by atoms with van der Waals surface area (Å²) in [4.78, 5) is 16.0. The van der Waals surface area contributed by atoms with E-state index in [1.807, 2.05) is 0 Å². The molecular weight excluding hydrogens is 389 g/mol. The second-order valence-electron chi connectivity index (χ2n) is 7.39. The molecule has 9 nitrogen and oxygen atoms in total. The van der Waals surface area contributed by atoms with Crippen molar-refractivity contribution in [1.82, 2.24) is 15.5 Å². The summed E-state index contributed by atoms with van der Waals surface area (Å²) in [5.41, 5.74) is -1.14. The van der Waals surface area contributed by atoms with E-state index in [2.05, 4.69) is 20.8 Å². The molecule has 0 radical (unpaired) electrons. The molecule has 3 N–H and O–H groups in total. The lowest BCUT2D eigenvalue weighted by Crippen LogP contribution is -2.64. The summed E-state index contributed by atoms with van der Waals surface area (Å²) in [6.07, 6.45) is 0. The van der Waals surface area contributed by atoms with Gasteiger partial charge in [-0.15, -0.1) is 0 Å². The molecule has 0 bridgehead atoms. The fourth-order valence-electron chi connectivity index (χ4n) is 2.93. The highest BCUT2D eigenvalue weighted by Gasteiger charge is 2.51. The SMILES string of the molecule is Cc1nc(C(=O)Nc2ccc(F)c([C@]3(C)CS(=O)(=O)C(C)(C)C(=N)N3)c2)no1. The van der Waals surface area contributed by atoms with Gasteiger partial charge in [-0.25, -0.2) is 12.8 Å². The third-order valence-corrected chi connectivity index (χ3v) is 7.53. The topological polar surface area (TPSA) is 138 Å². The normalized spacial score (nSPS) is 23.1. The van der Waals surface area contributed by atoms with Crippen molar-refractivity contribution in [3.63, 3.8) is 0 Å². The predicted octanol–water partition coefficient (Wildman–Crippen LogP) is 1.76. The van der Waals surface area contributed by atoms with Crippen LogP contribution in [-0.2, 0) is 15.4 Å². The van der Waals surface area contributed by atoms with Crippen molar-refractivity contribution in [2.75, 3.05) is 11.1 Å². The van der Waals surface area contributed by atoms with Gasteiger partial charge in [0, 0.05) is 18.2 Å². The van der Waals surface area contributed by atoms with Crippen LogP contribution in [-0.4, -0.2) is 40.8 Å². The smallest absolute Gasteiger partial charge is 0.297 e. The highest BCUT2D eigenvalue weighted by molar-refractivity contribution is 7.93. The first-order valence-electron chi connectivity index (χ1n) is 8.37. The van der Waals surface area contributed by atoms with Crippen molar-refractivity contribution >= 4 is 27.3 Å². The molecule has 0 unspecified atom stereocenters. The first-order chi connectivity index (χ1) is 12.9. The number of sulfone groups is 1. The Labute approximate surface area is 161 Å². The Bertz CT molecular complexity index is 1080. The number of amides is 1. The lowest BCUT2D eigenvalue weighted by molar-refractivity contribution is 0.101. The van der Waals surface area contributed by atoms with Gasteiger partial charge in [0.15, 0.2) is 9.84 Å². The highest BCUT2D eigenvalue weighted by Crippen LogP contribution is 2.36. The van der Waals surface area contributed by atoms with Crippen molar-refractivity contribution in [2.24, 2.45) is 0 Å². The molecule has 1 aromatic carbocycles. The van der Waals surface area contributed by atoms with E-state index in [4.69, 9.17) is 9.93 Å². The lowest BCUT2D eigenvalue weighted by Gasteiger charge is -2.43. The predicted molar refractivity (Wildman–Crippen MR) is 99.5 cm³/mol. The number of benzene rings is 1. The second kappa shape index (κ2) is 6.36. The fourth-order valence-corrected chi connectivity index (χ4v) is 4.64. The second-order valence-corrected chi connectivity index (χ2v) is 9.93. The van der Waals surface area contributed by atoms with Crippen molar-refractivity contribution < 1.29 is 22.1 Å². The molecule has 0 spiro atoms. The number of nitrogens with one attached hydrogen (secondary N) is 3. The summed E-state index contributed by atoms with van der Waals surface area (Å²) in [7, 11) is -3.73. The maximum absolute atomic E-state index is 14.6. The zero-order valence-electron chi connectivity index (χ0n) is 15.8. The van der Waals surface area contributed by atoms with Crippen LogP contribution in [0.5, 0.6) is 0 Å². The lowest BCUT2D eigenvalue weighted by atomic mass is 9.91. The molecule has 1 atom stereocenters. The van der Waals surface area contributed by atoms with Gasteiger partial charge in [-0.3, -0.25) is 10.2 Å². The Morgan fingerprint density at radius 2 is 2.04 bits per heavy atom. The van der Waals surface area contributed by atoms with E-state index < -0.39 is 37.6 Å². The van der Waals surface area contributed by atoms with E-state index in [-0.39, 0.29) is 28.8 Å². The standard InChI is InChI=1S/C17H20FN5O4S/c1-9-20-13(23-27-9)14(24)21-10-5-6-12(18)11(7-10)17(4)8-28(25,26)16(2,3)15(19)22-17/h5-7H,8H2,1-4H3,(H2,19,22)(H,21,24)/t17-/m0/s1. The minimum Gasteiger partial charge on any atom is -0.362 e. The number of anilines is 1. The van der Waals surface area contributed by atoms with Crippen LogP contribution in [0.2, 0.25) is 0 Å². The summed E-state index contributed by atoms with van der Waals surface area (Å²) in [5.74, 6) is -1.92. The summed E-state index contributed by atoms with van der Waals surface area (Å²) in [6, 6.07) is 3.78. The van der Waals surface area contributed by atoms with Crippen molar-refractivity contribution in [3.8, 4) is 0 Å². The van der Waals surface area contributed by atoms with Crippen LogP contribution in [0.4, 0.5) is 10.1 Å². The first kappa shape index (κ1) is 19.9. The summed E-state index contributed by atoms with van der Waals surface area (Å²) in [6.45, 7) is 5.89. The maximum Gasteiger partial charge on any atom is 0.297 e. The molecule has 0 aliphatic carbocycles. The quantitative estimate of drug-likeness (QED) is 0.702. The number of carbonyl (C=O) groups excluding carboxylic acids is 1. The highest BCUT2D eigenvalue weighted by atomic mass is 32.2. The molecule has 1 amide bonds. The summed E-state index contributed by atoms with van der Waals surface area (Å²) in [5, 5.41) is 16.9. The number of aryl methyl sites for hydroxylation is 1. The maximum atomic E-state index is 14.6. The molecule has 11 heteroatoms. The monoisotopic (exact) mass is 409 g/mol. The Kier molecular flexibility index (Phi) is 4.53. The molecule has 150 valence electrons. The number of carbonyl (C=O) groups is 1. The Hall–Kier alpha value is -2.82. The Morgan fingerprint density at radius 3 is 2.61 bits per heavy atom. The minimum atomic E-state index is -3.73. The number of halogens is 1. The molecule has 2 aromatic rings. The van der Waals surface area contributed by atoms with E-state index >= 15 is 0 Å². The van der Waals surface area contributed by atoms with Crippen LogP contribution in [0.25, 0.3) is 0 Å². The number of hydrogen-bond donors (Lipinski definition) is 3. The molecule has 1 aliphatic rings. The molecule has 1 aliphatic heterocycles. The number of nitrogens with zero attached hydrogens (tertiary/aromatic N) is 2. The number of aromatic nitrogens is 2. The van der Waals surface area contributed by atoms with Crippen molar-refractivity contribution in [1.29, 1.82) is 5.41 Å². The number of hydrogen-bond acceptors (Lipinski definition) is 7. The molecular formula is C17H20FN5O4S. The third-order valence-electron chi connectivity index (χ3n) is 4.81. The Morgan fingerprint density at radius 1 is 1.36 bits per heavy atom. The molecule has 1 fully saturated rings. The average Bonchev–Trinajstić information content (AvgIpc) is 3.01. The largest absolute Gasteiger partial charge is 0.362 e. The fraction of sp³-hybridized carbons (Fsp3) is 0.412. The third kappa shape index (κ3) is 3.26. The van der Waals surface area contributed by atoms with Crippen LogP contribution >= 0.6 is 0 Å². The zero-order valence-corrected chi connectivity index (χ0v) is 16.6. The molecule has 1 aromatic heterocycles. The van der Waals surface area contributed by atoms with E-state index in [1.54, 1.807) is 0 Å². The molecule has 0 saturated carbocycles. The van der Waals surface area contributed by atoms with Crippen molar-refractivity contribution in [2.45, 2.75) is 38.0 Å². The molecule has 28 heavy (non-hydrogen) atoms. The summed E-state index contributed by atoms with van der Waals surface area (Å²) < 4.78 is 43.3. The van der Waals surface area contributed by atoms with Crippen LogP contribution < -0.4 is 10.6 Å². The van der Waals surface area contributed by atoms with Gasteiger partial charge in [-0.2, -0.15) is 4.98 Å². The van der Waals surface area contributed by atoms with Gasteiger partial charge in [0.2, 0.25) is 5.89 Å². The van der Waals surface area contributed by atoms with Crippen molar-refractivity contribution in [3.05, 3.63) is 41.3 Å². The Balaban J connectivity index is 1.95. The van der Waals surface area contributed by atoms with Gasteiger partial charge in [0.1, 0.15) is 16.4 Å². The number of amidine groups is 1. The average molecular weight is 409 g/mol. The van der Waals surface area contributed by atoms with E-state index in [0.29, 0.717) is 0 Å². The van der Waals surface area contributed by atoms with Gasteiger partial charge in [0.05, 0.1) is 11.3 Å². The molecule has 2 heterocycles. The van der Waals surface area contributed by atoms with Crippen LogP contribution in [0, 0.1) is 18.2 Å². The van der Waals surface area contributed by atoms with Crippen LogP contribution in [0.1, 0.15) is 42.8 Å². The van der Waals surface area contributed by atoms with E-state index in [9.17, 15) is 17.6 Å². The zero-order chi connectivity index (χ0) is 20.9.